The highest BCUT2D eigenvalue weighted by atomic mass is 32.2. The first-order chi connectivity index (χ1) is 5.72. The fraction of sp³-hybridized carbons (Fsp3) is 0.800. The van der Waals surface area contributed by atoms with E-state index in [1.807, 2.05) is 20.8 Å². The van der Waals surface area contributed by atoms with Crippen molar-refractivity contribution in [1.82, 2.24) is 0 Å². The molecule has 0 aromatic carbocycles. The highest BCUT2D eigenvalue weighted by Gasteiger charge is 2.35. The number of rotatable bonds is 1. The summed E-state index contributed by atoms with van der Waals surface area (Å²) in [5, 5.41) is 0. The molecule has 1 aliphatic heterocycles. The Morgan fingerprint density at radius 2 is 2.00 bits per heavy atom. The molecule has 0 aromatic rings. The zero-order chi connectivity index (χ0) is 10.3. The largest absolute Gasteiger partial charge is 0.299 e. The lowest BCUT2D eigenvalue weighted by molar-refractivity contribution is -0.129. The van der Waals surface area contributed by atoms with Gasteiger partial charge in [0.15, 0.2) is 0 Å². The molecule has 76 valence electrons. The van der Waals surface area contributed by atoms with E-state index >= 15 is 0 Å². The summed E-state index contributed by atoms with van der Waals surface area (Å²) in [6, 6.07) is 0. The minimum atomic E-state index is -1.92. The van der Waals surface area contributed by atoms with Crippen LogP contribution in [-0.4, -0.2) is 27.4 Å². The van der Waals surface area contributed by atoms with Gasteiger partial charge in [-0.15, -0.1) is 0 Å². The van der Waals surface area contributed by atoms with Gasteiger partial charge in [-0.1, -0.05) is 20.8 Å². The lowest BCUT2D eigenvalue weighted by atomic mass is 9.83. The Morgan fingerprint density at radius 3 is 2.31 bits per heavy atom. The van der Waals surface area contributed by atoms with E-state index in [0.717, 1.165) is 6.42 Å². The minimum Gasteiger partial charge on any atom is -0.299 e. The molecule has 0 aromatic heterocycles. The zero-order valence-electron chi connectivity index (χ0n) is 8.63. The highest BCUT2D eigenvalue weighted by molar-refractivity contribution is 8.00. The molecule has 2 nitrogen and oxygen atoms in total. The van der Waals surface area contributed by atoms with Gasteiger partial charge < -0.3 is 0 Å². The average Bonchev–Trinajstić information content (AvgIpc) is 2.26. The maximum absolute atomic E-state index is 11.8. The van der Waals surface area contributed by atoms with Gasteiger partial charge in [0.2, 0.25) is 0 Å². The SMILES string of the molecule is C=S1(=O)CC[C@@H](C(=O)C(C)(C)C)C1. The van der Waals surface area contributed by atoms with E-state index in [4.69, 9.17) is 0 Å². The molecule has 1 unspecified atom stereocenters. The first kappa shape index (κ1) is 10.8. The van der Waals surface area contributed by atoms with Crippen LogP contribution >= 0.6 is 0 Å². The third-order valence-corrected chi connectivity index (χ3v) is 4.44. The predicted octanol–water partition coefficient (Wildman–Crippen LogP) is 1.34. The van der Waals surface area contributed by atoms with Crippen molar-refractivity contribution in [3.63, 3.8) is 0 Å². The summed E-state index contributed by atoms with van der Waals surface area (Å²) >= 11 is 0. The van der Waals surface area contributed by atoms with Gasteiger partial charge >= 0.3 is 0 Å². The summed E-state index contributed by atoms with van der Waals surface area (Å²) in [6.45, 7) is 5.75. The van der Waals surface area contributed by atoms with Gasteiger partial charge in [-0.25, -0.2) is 0 Å². The molecule has 0 amide bonds. The standard InChI is InChI=1S/C10H18O2S/c1-10(2,3)9(11)8-5-6-13(4,12)7-8/h8H,4-7H2,1-3H3/t8-,13?/m1/s1. The maximum atomic E-state index is 11.8. The topological polar surface area (TPSA) is 34.1 Å². The molecule has 1 heterocycles. The third kappa shape index (κ3) is 2.56. The Morgan fingerprint density at radius 1 is 1.46 bits per heavy atom. The van der Waals surface area contributed by atoms with Gasteiger partial charge in [-0.3, -0.25) is 9.00 Å². The molecule has 0 N–H and O–H groups in total. The van der Waals surface area contributed by atoms with Crippen molar-refractivity contribution in [2.45, 2.75) is 27.2 Å². The van der Waals surface area contributed by atoms with Gasteiger partial charge in [-0.05, 0) is 21.8 Å². The van der Waals surface area contributed by atoms with Crippen LogP contribution in [-0.2, 0) is 14.3 Å². The van der Waals surface area contributed by atoms with Crippen molar-refractivity contribution >= 4 is 21.2 Å². The lowest BCUT2D eigenvalue weighted by Crippen LogP contribution is -2.28. The first-order valence-corrected chi connectivity index (χ1v) is 6.66. The average molecular weight is 202 g/mol. The molecular weight excluding hydrogens is 184 g/mol. The molecule has 1 saturated heterocycles. The minimum absolute atomic E-state index is 0.00926. The fourth-order valence-corrected chi connectivity index (χ4v) is 3.64. The Bertz CT molecular complexity index is 306. The van der Waals surface area contributed by atoms with Crippen LogP contribution in [0.3, 0.4) is 0 Å². The molecule has 0 bridgehead atoms. The zero-order valence-corrected chi connectivity index (χ0v) is 9.45. The van der Waals surface area contributed by atoms with Crippen LogP contribution in [0.15, 0.2) is 0 Å². The molecule has 2 atom stereocenters. The van der Waals surface area contributed by atoms with Crippen molar-refractivity contribution in [3.05, 3.63) is 0 Å². The van der Waals surface area contributed by atoms with E-state index in [-0.39, 0.29) is 17.1 Å². The number of hydrogen-bond donors (Lipinski definition) is 0. The smallest absolute Gasteiger partial charge is 0.142 e. The molecule has 1 fully saturated rings. The van der Waals surface area contributed by atoms with Gasteiger partial charge in [-0.2, -0.15) is 0 Å². The summed E-state index contributed by atoms with van der Waals surface area (Å²) in [5.41, 5.74) is -0.301. The molecule has 0 saturated carbocycles. The lowest BCUT2D eigenvalue weighted by Gasteiger charge is -2.20. The molecule has 1 aliphatic rings. The number of ketones is 1. The van der Waals surface area contributed by atoms with Crippen molar-refractivity contribution in [3.8, 4) is 0 Å². The number of Topliss-reactive ketones (excluding diaryl/α,β-unsaturated/α-hetero) is 1. The van der Waals surface area contributed by atoms with Gasteiger partial charge in [0.1, 0.15) is 5.78 Å². The Labute approximate surface area is 80.7 Å². The number of carbonyl (C=O) groups excluding carboxylic acids is 1. The Balaban J connectivity index is 2.73. The third-order valence-electron chi connectivity index (χ3n) is 2.45. The first-order valence-electron chi connectivity index (χ1n) is 4.59. The molecule has 1 rings (SSSR count). The van der Waals surface area contributed by atoms with E-state index in [1.54, 1.807) is 0 Å². The number of hydrogen-bond acceptors (Lipinski definition) is 2. The van der Waals surface area contributed by atoms with Gasteiger partial charge in [0.05, 0.1) is 0 Å². The van der Waals surface area contributed by atoms with Crippen molar-refractivity contribution < 1.29 is 9.00 Å². The van der Waals surface area contributed by atoms with Crippen molar-refractivity contribution in [2.75, 3.05) is 11.5 Å². The quantitative estimate of drug-likeness (QED) is 0.601. The summed E-state index contributed by atoms with van der Waals surface area (Å²) in [5.74, 6) is 5.02. The highest BCUT2D eigenvalue weighted by Crippen LogP contribution is 2.27. The summed E-state index contributed by atoms with van der Waals surface area (Å²) < 4.78 is 11.6. The van der Waals surface area contributed by atoms with Crippen LogP contribution in [0.1, 0.15) is 27.2 Å². The van der Waals surface area contributed by atoms with E-state index in [2.05, 4.69) is 5.87 Å². The Hall–Kier alpha value is -0.310. The molecule has 3 heteroatoms. The fourth-order valence-electron chi connectivity index (χ4n) is 1.71. The Kier molecular flexibility index (Phi) is 2.59. The van der Waals surface area contributed by atoms with E-state index < -0.39 is 9.52 Å². The van der Waals surface area contributed by atoms with Gasteiger partial charge in [0.25, 0.3) is 0 Å². The molecule has 13 heavy (non-hydrogen) atoms. The van der Waals surface area contributed by atoms with Crippen LogP contribution in [0.25, 0.3) is 0 Å². The molecule has 0 spiro atoms. The second-order valence-electron chi connectivity index (χ2n) is 4.94. The van der Waals surface area contributed by atoms with E-state index in [9.17, 15) is 9.00 Å². The summed E-state index contributed by atoms with van der Waals surface area (Å²) in [6.07, 6.45) is 0.762. The molecule has 0 aliphatic carbocycles. The van der Waals surface area contributed by atoms with E-state index in [0.29, 0.717) is 11.5 Å². The number of carbonyl (C=O) groups is 1. The van der Waals surface area contributed by atoms with Crippen LogP contribution in [0.5, 0.6) is 0 Å². The van der Waals surface area contributed by atoms with Crippen LogP contribution < -0.4 is 0 Å². The van der Waals surface area contributed by atoms with Gasteiger partial charge in [0, 0.05) is 22.8 Å². The molecular formula is C10H18O2S. The second kappa shape index (κ2) is 3.12. The second-order valence-corrected chi connectivity index (χ2v) is 7.61. The monoisotopic (exact) mass is 202 g/mol. The summed E-state index contributed by atoms with van der Waals surface area (Å²) in [4.78, 5) is 11.8. The predicted molar refractivity (Wildman–Crippen MR) is 57.6 cm³/mol. The molecule has 0 radical (unpaired) electrons. The van der Waals surface area contributed by atoms with Crippen LogP contribution in [0.4, 0.5) is 0 Å². The van der Waals surface area contributed by atoms with E-state index in [1.165, 1.54) is 0 Å². The summed E-state index contributed by atoms with van der Waals surface area (Å²) in [7, 11) is -1.92. The van der Waals surface area contributed by atoms with Crippen molar-refractivity contribution in [1.29, 1.82) is 0 Å². The van der Waals surface area contributed by atoms with Crippen molar-refractivity contribution in [2.24, 2.45) is 11.3 Å². The van der Waals surface area contributed by atoms with Crippen LogP contribution in [0, 0.1) is 11.3 Å². The normalized spacial score (nSPS) is 34.8. The maximum Gasteiger partial charge on any atom is 0.142 e. The van der Waals surface area contributed by atoms with Crippen LogP contribution in [0.2, 0.25) is 0 Å².